The minimum absolute atomic E-state index is 0.0271. The lowest BCUT2D eigenvalue weighted by molar-refractivity contribution is -0.311. The Bertz CT molecular complexity index is 902. The Hall–Kier alpha value is -2.79. The first kappa shape index (κ1) is 24.8. The van der Waals surface area contributed by atoms with E-state index in [1.807, 2.05) is 30.3 Å². The molecule has 1 amide bonds. The van der Waals surface area contributed by atoms with Gasteiger partial charge in [-0.05, 0) is 29.3 Å². The Morgan fingerprint density at radius 2 is 1.76 bits per heavy atom. The maximum atomic E-state index is 12.3. The van der Waals surface area contributed by atoms with E-state index in [4.69, 9.17) is 14.2 Å². The molecule has 0 aromatic heterocycles. The minimum Gasteiger partial charge on any atom is -0.497 e. The average molecular weight is 459 g/mol. The largest absolute Gasteiger partial charge is 0.497 e. The summed E-state index contributed by atoms with van der Waals surface area (Å²) in [6.45, 7) is -0.543. The van der Waals surface area contributed by atoms with Crippen molar-refractivity contribution in [3.05, 3.63) is 71.8 Å². The molecule has 9 heteroatoms. The van der Waals surface area contributed by atoms with Crippen LogP contribution in [0.5, 0.6) is 5.75 Å². The summed E-state index contributed by atoms with van der Waals surface area (Å²) in [6.07, 6.45) is -4.76. The predicted octanol–water partition coefficient (Wildman–Crippen LogP) is 0.382. The zero-order chi connectivity index (χ0) is 23.8. The molecule has 0 spiro atoms. The van der Waals surface area contributed by atoms with Crippen molar-refractivity contribution in [2.75, 3.05) is 20.3 Å². The fourth-order valence-electron chi connectivity index (χ4n) is 3.39. The van der Waals surface area contributed by atoms with Gasteiger partial charge in [-0.15, -0.1) is 0 Å². The standard InChI is InChI=1S/C24H29NO8/c1-31-17-10-8-16(9-11-17)18(13-25-20(27)12-7-15-5-3-2-4-6-15)32-24-23(30)22(29)21(28)19(14-26)33-24/h2-12,18-19,21-24,26,28-30H,13-14H2,1H3,(H,25,27)/t18-,19-,21-,22+,23-,24-/m1/s1. The van der Waals surface area contributed by atoms with Gasteiger partial charge in [-0.1, -0.05) is 42.5 Å². The van der Waals surface area contributed by atoms with E-state index in [2.05, 4.69) is 5.32 Å². The highest BCUT2D eigenvalue weighted by Crippen LogP contribution is 2.28. The van der Waals surface area contributed by atoms with Crippen LogP contribution in [0.3, 0.4) is 0 Å². The summed E-state index contributed by atoms with van der Waals surface area (Å²) in [5.74, 6) is 0.273. The molecule has 6 atom stereocenters. The number of benzene rings is 2. The molecule has 3 rings (SSSR count). The Balaban J connectivity index is 1.72. The van der Waals surface area contributed by atoms with Crippen LogP contribution in [-0.2, 0) is 14.3 Å². The first-order valence-electron chi connectivity index (χ1n) is 10.5. The number of amides is 1. The lowest BCUT2D eigenvalue weighted by atomic mass is 9.99. The van der Waals surface area contributed by atoms with Crippen LogP contribution in [0.1, 0.15) is 17.2 Å². The van der Waals surface area contributed by atoms with E-state index in [-0.39, 0.29) is 12.5 Å². The van der Waals surface area contributed by atoms with Gasteiger partial charge < -0.3 is 40.0 Å². The molecule has 0 radical (unpaired) electrons. The molecule has 1 saturated heterocycles. The summed E-state index contributed by atoms with van der Waals surface area (Å²) in [5, 5.41) is 42.5. The molecule has 9 nitrogen and oxygen atoms in total. The van der Waals surface area contributed by atoms with Crippen LogP contribution in [0.15, 0.2) is 60.7 Å². The van der Waals surface area contributed by atoms with Crippen molar-refractivity contribution in [3.63, 3.8) is 0 Å². The van der Waals surface area contributed by atoms with Crippen molar-refractivity contribution in [1.82, 2.24) is 5.32 Å². The average Bonchev–Trinajstić information content (AvgIpc) is 2.85. The topological polar surface area (TPSA) is 138 Å². The highest BCUT2D eigenvalue weighted by Gasteiger charge is 2.44. The van der Waals surface area contributed by atoms with Crippen molar-refractivity contribution < 1.29 is 39.4 Å². The summed E-state index contributed by atoms with van der Waals surface area (Å²) in [5.41, 5.74) is 1.53. The number of ether oxygens (including phenoxy) is 3. The van der Waals surface area contributed by atoms with E-state index in [0.29, 0.717) is 11.3 Å². The van der Waals surface area contributed by atoms with Crippen LogP contribution < -0.4 is 10.1 Å². The van der Waals surface area contributed by atoms with Crippen LogP contribution in [0.25, 0.3) is 6.08 Å². The van der Waals surface area contributed by atoms with Gasteiger partial charge in [0.05, 0.1) is 13.7 Å². The molecule has 1 heterocycles. The molecule has 5 N–H and O–H groups in total. The van der Waals surface area contributed by atoms with Gasteiger partial charge in [0.1, 0.15) is 36.3 Å². The van der Waals surface area contributed by atoms with Crippen molar-refractivity contribution in [2.24, 2.45) is 0 Å². The Labute approximate surface area is 191 Å². The summed E-state index contributed by atoms with van der Waals surface area (Å²) < 4.78 is 16.5. The second-order valence-corrected chi connectivity index (χ2v) is 7.58. The summed E-state index contributed by atoms with van der Waals surface area (Å²) in [7, 11) is 1.54. The molecule has 0 bridgehead atoms. The third-order valence-corrected chi connectivity index (χ3v) is 5.32. The zero-order valence-electron chi connectivity index (χ0n) is 18.2. The van der Waals surface area contributed by atoms with E-state index in [9.17, 15) is 25.2 Å². The second kappa shape index (κ2) is 11.9. The maximum absolute atomic E-state index is 12.3. The minimum atomic E-state index is -1.57. The number of aliphatic hydroxyl groups is 4. The summed E-state index contributed by atoms with van der Waals surface area (Å²) in [4.78, 5) is 12.3. The van der Waals surface area contributed by atoms with E-state index in [1.54, 1.807) is 30.3 Å². The fourth-order valence-corrected chi connectivity index (χ4v) is 3.39. The van der Waals surface area contributed by atoms with Gasteiger partial charge >= 0.3 is 0 Å². The van der Waals surface area contributed by atoms with Gasteiger partial charge in [0, 0.05) is 12.6 Å². The van der Waals surface area contributed by atoms with Gasteiger partial charge in [0.15, 0.2) is 6.29 Å². The van der Waals surface area contributed by atoms with Gasteiger partial charge in [-0.2, -0.15) is 0 Å². The number of rotatable bonds is 9. The van der Waals surface area contributed by atoms with Gasteiger partial charge in [-0.25, -0.2) is 0 Å². The predicted molar refractivity (Wildman–Crippen MR) is 119 cm³/mol. The summed E-state index contributed by atoms with van der Waals surface area (Å²) in [6, 6.07) is 16.3. The van der Waals surface area contributed by atoms with Crippen LogP contribution in [0, 0.1) is 0 Å². The zero-order valence-corrected chi connectivity index (χ0v) is 18.2. The molecule has 0 aliphatic carbocycles. The van der Waals surface area contributed by atoms with E-state index >= 15 is 0 Å². The van der Waals surface area contributed by atoms with Crippen molar-refractivity contribution >= 4 is 12.0 Å². The molecule has 1 fully saturated rings. The van der Waals surface area contributed by atoms with Crippen molar-refractivity contribution in [1.29, 1.82) is 0 Å². The molecular formula is C24H29NO8. The number of nitrogens with one attached hydrogen (secondary N) is 1. The number of methoxy groups -OCH3 is 1. The molecule has 178 valence electrons. The maximum Gasteiger partial charge on any atom is 0.244 e. The first-order valence-corrected chi connectivity index (χ1v) is 10.5. The van der Waals surface area contributed by atoms with Gasteiger partial charge in [-0.3, -0.25) is 4.79 Å². The number of hydrogen-bond donors (Lipinski definition) is 5. The van der Waals surface area contributed by atoms with Crippen LogP contribution in [0.2, 0.25) is 0 Å². The van der Waals surface area contributed by atoms with E-state index < -0.39 is 43.4 Å². The fraction of sp³-hybridized carbons (Fsp3) is 0.375. The van der Waals surface area contributed by atoms with Crippen LogP contribution in [-0.4, -0.2) is 77.3 Å². The third-order valence-electron chi connectivity index (χ3n) is 5.32. The van der Waals surface area contributed by atoms with Crippen molar-refractivity contribution in [2.45, 2.75) is 36.8 Å². The normalized spacial score (nSPS) is 26.2. The highest BCUT2D eigenvalue weighted by atomic mass is 16.7. The Morgan fingerprint density at radius 1 is 1.06 bits per heavy atom. The number of aliphatic hydroxyl groups excluding tert-OH is 4. The van der Waals surface area contributed by atoms with E-state index in [1.165, 1.54) is 13.2 Å². The molecule has 2 aromatic carbocycles. The Kier molecular flexibility index (Phi) is 8.95. The Morgan fingerprint density at radius 3 is 2.39 bits per heavy atom. The first-order chi connectivity index (χ1) is 15.9. The highest BCUT2D eigenvalue weighted by molar-refractivity contribution is 5.91. The number of carbonyl (C=O) groups is 1. The molecule has 0 saturated carbocycles. The lowest BCUT2D eigenvalue weighted by Gasteiger charge is -2.40. The molecule has 0 unspecified atom stereocenters. The van der Waals surface area contributed by atoms with Crippen molar-refractivity contribution in [3.8, 4) is 5.75 Å². The third kappa shape index (κ3) is 6.61. The van der Waals surface area contributed by atoms with Crippen LogP contribution in [0.4, 0.5) is 0 Å². The monoisotopic (exact) mass is 459 g/mol. The molecule has 1 aliphatic heterocycles. The quantitative estimate of drug-likeness (QED) is 0.340. The SMILES string of the molecule is COc1ccc([C@@H](CNC(=O)C=Cc2ccccc2)O[C@@H]2O[C@H](CO)[C@@H](O)[C@H](O)[C@H]2O)cc1. The number of hydrogen-bond acceptors (Lipinski definition) is 8. The smallest absolute Gasteiger partial charge is 0.244 e. The second-order valence-electron chi connectivity index (χ2n) is 7.58. The number of carbonyl (C=O) groups excluding carboxylic acids is 1. The molecular weight excluding hydrogens is 430 g/mol. The molecule has 2 aromatic rings. The van der Waals surface area contributed by atoms with Gasteiger partial charge in [0.25, 0.3) is 0 Å². The van der Waals surface area contributed by atoms with Gasteiger partial charge in [0.2, 0.25) is 5.91 Å². The van der Waals surface area contributed by atoms with E-state index in [0.717, 1.165) is 5.56 Å². The lowest BCUT2D eigenvalue weighted by Crippen LogP contribution is -2.59. The molecule has 1 aliphatic rings. The van der Waals surface area contributed by atoms with Crippen LogP contribution >= 0.6 is 0 Å². The molecule has 33 heavy (non-hydrogen) atoms. The summed E-state index contributed by atoms with van der Waals surface area (Å²) >= 11 is 0.